The summed E-state index contributed by atoms with van der Waals surface area (Å²) < 4.78 is 16.1. The quantitative estimate of drug-likeness (QED) is 0.788. The van der Waals surface area contributed by atoms with Crippen LogP contribution in [0.15, 0.2) is 24.8 Å². The fourth-order valence-corrected chi connectivity index (χ4v) is 2.91. The highest BCUT2D eigenvalue weighted by atomic mass is 16.5. The van der Waals surface area contributed by atoms with Crippen molar-refractivity contribution in [1.82, 2.24) is 4.90 Å². The van der Waals surface area contributed by atoms with Crippen molar-refractivity contribution in [1.29, 1.82) is 0 Å². The zero-order chi connectivity index (χ0) is 18.6. The summed E-state index contributed by atoms with van der Waals surface area (Å²) in [5, 5.41) is 9.18. The molecule has 1 amide bonds. The van der Waals surface area contributed by atoms with E-state index in [1.165, 1.54) is 19.1 Å². The molecule has 0 bridgehead atoms. The lowest BCUT2D eigenvalue weighted by molar-refractivity contribution is -0.160. The van der Waals surface area contributed by atoms with Crippen molar-refractivity contribution in [2.45, 2.75) is 25.6 Å². The molecule has 0 aliphatic carbocycles. The van der Waals surface area contributed by atoms with Gasteiger partial charge in [0, 0.05) is 17.7 Å². The molecule has 0 radical (unpaired) electrons. The normalized spacial score (nSPS) is 20.0. The molecule has 7 heteroatoms. The maximum Gasteiger partial charge on any atom is 0.334 e. The van der Waals surface area contributed by atoms with E-state index in [9.17, 15) is 14.7 Å². The van der Waals surface area contributed by atoms with E-state index in [1.54, 1.807) is 25.1 Å². The number of morpholine rings is 1. The van der Waals surface area contributed by atoms with E-state index in [4.69, 9.17) is 14.2 Å². The van der Waals surface area contributed by atoms with Crippen LogP contribution in [0.1, 0.15) is 22.8 Å². The number of carbonyl (C=O) groups is 2. The highest BCUT2D eigenvalue weighted by Gasteiger charge is 2.33. The molecule has 1 unspecified atom stereocenters. The van der Waals surface area contributed by atoms with E-state index >= 15 is 0 Å². The summed E-state index contributed by atoms with van der Waals surface area (Å²) in [6.07, 6.45) is 0.841. The molecule has 2 atom stereocenters. The molecule has 1 aliphatic heterocycles. The van der Waals surface area contributed by atoms with Crippen LogP contribution in [0.3, 0.4) is 0 Å². The van der Waals surface area contributed by atoms with Gasteiger partial charge in [0.05, 0.1) is 26.9 Å². The van der Waals surface area contributed by atoms with Gasteiger partial charge in [-0.1, -0.05) is 6.08 Å². The maximum atomic E-state index is 12.9. The molecule has 1 saturated heterocycles. The zero-order valence-electron chi connectivity index (χ0n) is 14.7. The van der Waals surface area contributed by atoms with Crippen LogP contribution in [0.4, 0.5) is 0 Å². The number of allylic oxidation sites excluding steroid dienone is 1. The second-order valence-electron chi connectivity index (χ2n) is 5.85. The van der Waals surface area contributed by atoms with Crippen LogP contribution in [0, 0.1) is 0 Å². The molecule has 1 N–H and O–H groups in total. The summed E-state index contributed by atoms with van der Waals surface area (Å²) in [4.78, 5) is 25.6. The maximum absolute atomic E-state index is 12.9. The molecular formula is C18H23NO6. The minimum atomic E-state index is -1.08. The van der Waals surface area contributed by atoms with Gasteiger partial charge in [0.25, 0.3) is 5.91 Å². The Hall–Kier alpha value is -2.54. The van der Waals surface area contributed by atoms with Gasteiger partial charge in [0.2, 0.25) is 0 Å². The van der Waals surface area contributed by atoms with Crippen molar-refractivity contribution < 1.29 is 28.9 Å². The number of nitrogens with zero attached hydrogens (tertiary/aromatic N) is 1. The van der Waals surface area contributed by atoms with Crippen molar-refractivity contribution in [3.8, 4) is 11.5 Å². The third kappa shape index (κ3) is 4.11. The Bertz CT molecular complexity index is 672. The first-order valence-corrected chi connectivity index (χ1v) is 7.94. The Labute approximate surface area is 146 Å². The van der Waals surface area contributed by atoms with Gasteiger partial charge in [-0.3, -0.25) is 4.79 Å². The lowest BCUT2D eigenvalue weighted by Crippen LogP contribution is -2.51. The largest absolute Gasteiger partial charge is 0.493 e. The number of carboxylic acids is 1. The average Bonchev–Trinajstić information content (AvgIpc) is 2.59. The average molecular weight is 349 g/mol. The molecule has 0 saturated carbocycles. The molecule has 25 heavy (non-hydrogen) atoms. The fourth-order valence-electron chi connectivity index (χ4n) is 2.91. The fraction of sp³-hybridized carbons (Fsp3) is 0.444. The second-order valence-corrected chi connectivity index (χ2v) is 5.85. The summed E-state index contributed by atoms with van der Waals surface area (Å²) in [6.45, 7) is 5.79. The van der Waals surface area contributed by atoms with E-state index in [-0.39, 0.29) is 18.6 Å². The van der Waals surface area contributed by atoms with Crippen molar-refractivity contribution in [2.75, 3.05) is 27.3 Å². The zero-order valence-corrected chi connectivity index (χ0v) is 14.7. The second kappa shape index (κ2) is 8.02. The van der Waals surface area contributed by atoms with E-state index in [2.05, 4.69) is 6.58 Å². The lowest BCUT2D eigenvalue weighted by atomic mass is 10.0. The van der Waals surface area contributed by atoms with Crippen LogP contribution in [0.25, 0.3) is 0 Å². The molecule has 0 spiro atoms. The summed E-state index contributed by atoms with van der Waals surface area (Å²) in [6, 6.07) is 3.32. The van der Waals surface area contributed by atoms with Crippen LogP contribution >= 0.6 is 0 Å². The van der Waals surface area contributed by atoms with Gasteiger partial charge in [-0.05, 0) is 25.5 Å². The third-order valence-electron chi connectivity index (χ3n) is 3.99. The summed E-state index contributed by atoms with van der Waals surface area (Å²) in [5.41, 5.74) is 1.18. The number of carboxylic acid groups (broad SMARTS) is 1. The number of methoxy groups -OCH3 is 2. The minimum absolute atomic E-state index is 0.00361. The summed E-state index contributed by atoms with van der Waals surface area (Å²) in [7, 11) is 3.04. The van der Waals surface area contributed by atoms with Crippen molar-refractivity contribution in [3.63, 3.8) is 0 Å². The van der Waals surface area contributed by atoms with E-state index in [0.717, 1.165) is 5.56 Å². The molecule has 1 aliphatic rings. The molecule has 1 aromatic carbocycles. The Morgan fingerprint density at radius 2 is 2.08 bits per heavy atom. The first-order valence-electron chi connectivity index (χ1n) is 7.94. The van der Waals surface area contributed by atoms with Gasteiger partial charge < -0.3 is 24.2 Å². The van der Waals surface area contributed by atoms with Gasteiger partial charge in [-0.25, -0.2) is 4.79 Å². The van der Waals surface area contributed by atoms with Crippen LogP contribution < -0.4 is 9.47 Å². The Balaban J connectivity index is 2.36. The number of aliphatic carboxylic acids is 1. The van der Waals surface area contributed by atoms with Gasteiger partial charge >= 0.3 is 5.97 Å². The van der Waals surface area contributed by atoms with Crippen LogP contribution in [0.2, 0.25) is 0 Å². The highest BCUT2D eigenvalue weighted by molar-refractivity contribution is 5.95. The third-order valence-corrected chi connectivity index (χ3v) is 3.99. The smallest absolute Gasteiger partial charge is 0.334 e. The predicted octanol–water partition coefficient (Wildman–Crippen LogP) is 1.75. The van der Waals surface area contributed by atoms with Crippen molar-refractivity contribution in [3.05, 3.63) is 35.9 Å². The topological polar surface area (TPSA) is 85.3 Å². The van der Waals surface area contributed by atoms with Crippen LogP contribution in [0.5, 0.6) is 11.5 Å². The molecule has 1 heterocycles. The SMILES string of the molecule is C=CCc1cc(C(=O)N2CC(C(=O)O)O[C@H](C)C2)cc(OC)c1OC. The Morgan fingerprint density at radius 1 is 1.36 bits per heavy atom. The molecule has 1 fully saturated rings. The standard InChI is InChI=1S/C18H23NO6/c1-5-6-12-7-13(8-14(23-3)16(12)24-4)17(20)19-9-11(2)25-15(10-19)18(21)22/h5,7-8,11,15H,1,6,9-10H2,2-4H3,(H,21,22)/t11-,15?/m1/s1. The summed E-state index contributed by atoms with van der Waals surface area (Å²) >= 11 is 0. The minimum Gasteiger partial charge on any atom is -0.493 e. The molecule has 7 nitrogen and oxygen atoms in total. The molecule has 0 aromatic heterocycles. The first kappa shape index (κ1) is 18.8. The number of benzene rings is 1. The number of hydrogen-bond donors (Lipinski definition) is 1. The molecule has 2 rings (SSSR count). The van der Waals surface area contributed by atoms with Gasteiger partial charge in [0.1, 0.15) is 0 Å². The number of rotatable bonds is 6. The van der Waals surface area contributed by atoms with E-state index < -0.39 is 12.1 Å². The molecule has 1 aromatic rings. The molecule has 136 valence electrons. The predicted molar refractivity (Wildman–Crippen MR) is 91.3 cm³/mol. The van der Waals surface area contributed by atoms with E-state index in [1.807, 2.05) is 0 Å². The monoisotopic (exact) mass is 349 g/mol. The number of carbonyl (C=O) groups excluding carboxylic acids is 1. The van der Waals surface area contributed by atoms with Crippen molar-refractivity contribution >= 4 is 11.9 Å². The number of amides is 1. The Morgan fingerprint density at radius 3 is 2.64 bits per heavy atom. The van der Waals surface area contributed by atoms with Crippen LogP contribution in [-0.4, -0.2) is 61.4 Å². The molecular weight excluding hydrogens is 326 g/mol. The first-order chi connectivity index (χ1) is 11.9. The number of hydrogen-bond acceptors (Lipinski definition) is 5. The Kier molecular flexibility index (Phi) is 6.03. The van der Waals surface area contributed by atoms with Gasteiger partial charge in [-0.15, -0.1) is 6.58 Å². The van der Waals surface area contributed by atoms with Gasteiger partial charge in [0.15, 0.2) is 17.6 Å². The highest BCUT2D eigenvalue weighted by Crippen LogP contribution is 2.33. The van der Waals surface area contributed by atoms with Gasteiger partial charge in [-0.2, -0.15) is 0 Å². The van der Waals surface area contributed by atoms with Crippen LogP contribution in [-0.2, 0) is 16.0 Å². The van der Waals surface area contributed by atoms with E-state index in [0.29, 0.717) is 30.0 Å². The number of ether oxygens (including phenoxy) is 3. The van der Waals surface area contributed by atoms with Crippen molar-refractivity contribution in [2.24, 2.45) is 0 Å². The lowest BCUT2D eigenvalue weighted by Gasteiger charge is -2.35. The summed E-state index contributed by atoms with van der Waals surface area (Å²) in [5.74, 6) is -0.351.